The normalized spacial score (nSPS) is 15.2. The first kappa shape index (κ1) is 19.3. The average molecular weight is 389 g/mol. The van der Waals surface area contributed by atoms with Crippen molar-refractivity contribution >= 4 is 22.4 Å². The smallest absolute Gasteiger partial charge is 0.265 e. The summed E-state index contributed by atoms with van der Waals surface area (Å²) in [5.74, 6) is 1.43. The maximum Gasteiger partial charge on any atom is 0.265 e. The van der Waals surface area contributed by atoms with Crippen molar-refractivity contribution in [3.05, 3.63) is 66.7 Å². The van der Waals surface area contributed by atoms with Crippen LogP contribution in [-0.2, 0) is 4.79 Å². The number of anilines is 1. The molecular formula is C25H27NO3. The highest BCUT2D eigenvalue weighted by molar-refractivity contribution is 5.95. The van der Waals surface area contributed by atoms with Crippen LogP contribution in [0.15, 0.2) is 66.7 Å². The Balaban J connectivity index is 1.40. The van der Waals surface area contributed by atoms with Crippen molar-refractivity contribution < 1.29 is 14.3 Å². The van der Waals surface area contributed by atoms with Crippen molar-refractivity contribution in [1.29, 1.82) is 0 Å². The van der Waals surface area contributed by atoms with Gasteiger partial charge in [-0.3, -0.25) is 4.79 Å². The number of ether oxygens (including phenoxy) is 2. The molecule has 0 aromatic heterocycles. The number of hydrogen-bond donors (Lipinski definition) is 1. The van der Waals surface area contributed by atoms with Gasteiger partial charge in [-0.2, -0.15) is 0 Å². The molecule has 3 aromatic carbocycles. The molecule has 3 aromatic rings. The number of benzene rings is 3. The Morgan fingerprint density at radius 3 is 2.48 bits per heavy atom. The van der Waals surface area contributed by atoms with E-state index in [1.807, 2.05) is 73.7 Å². The minimum Gasteiger partial charge on any atom is -0.490 e. The zero-order valence-corrected chi connectivity index (χ0v) is 16.8. The van der Waals surface area contributed by atoms with E-state index in [4.69, 9.17) is 9.47 Å². The largest absolute Gasteiger partial charge is 0.490 e. The quantitative estimate of drug-likeness (QED) is 0.542. The zero-order chi connectivity index (χ0) is 20.1. The van der Waals surface area contributed by atoms with Crippen LogP contribution in [0.2, 0.25) is 0 Å². The van der Waals surface area contributed by atoms with Gasteiger partial charge in [0.05, 0.1) is 6.10 Å². The molecule has 0 aliphatic heterocycles. The van der Waals surface area contributed by atoms with E-state index in [1.54, 1.807) is 0 Å². The molecule has 4 rings (SSSR count). The van der Waals surface area contributed by atoms with Crippen molar-refractivity contribution in [1.82, 2.24) is 0 Å². The van der Waals surface area contributed by atoms with Crippen LogP contribution in [0.25, 0.3) is 10.8 Å². The van der Waals surface area contributed by atoms with Gasteiger partial charge in [0.1, 0.15) is 11.5 Å². The molecule has 1 N–H and O–H groups in total. The first-order chi connectivity index (χ1) is 14.2. The summed E-state index contributed by atoms with van der Waals surface area (Å²) in [4.78, 5) is 12.8. The van der Waals surface area contributed by atoms with Gasteiger partial charge in [-0.05, 0) is 67.8 Å². The number of carbonyl (C=O) groups excluding carboxylic acids is 1. The lowest BCUT2D eigenvalue weighted by Crippen LogP contribution is -2.32. The molecule has 1 aliphatic rings. The molecule has 4 nitrogen and oxygen atoms in total. The molecule has 0 heterocycles. The van der Waals surface area contributed by atoms with Crippen molar-refractivity contribution in [3.63, 3.8) is 0 Å². The van der Waals surface area contributed by atoms with Gasteiger partial charge >= 0.3 is 0 Å². The number of amides is 1. The van der Waals surface area contributed by atoms with Crippen LogP contribution in [-0.4, -0.2) is 18.1 Å². The highest BCUT2D eigenvalue weighted by Crippen LogP contribution is 2.27. The van der Waals surface area contributed by atoms with E-state index in [0.717, 1.165) is 40.8 Å². The Morgan fingerprint density at radius 2 is 1.72 bits per heavy atom. The molecule has 1 atom stereocenters. The second kappa shape index (κ2) is 8.99. The van der Waals surface area contributed by atoms with Crippen molar-refractivity contribution in [3.8, 4) is 11.5 Å². The first-order valence-corrected chi connectivity index (χ1v) is 10.4. The van der Waals surface area contributed by atoms with Gasteiger partial charge in [0.15, 0.2) is 6.10 Å². The second-order valence-corrected chi connectivity index (χ2v) is 7.53. The molecular weight excluding hydrogens is 362 g/mol. The van der Waals surface area contributed by atoms with Crippen molar-refractivity contribution in [2.75, 3.05) is 5.32 Å². The second-order valence-electron chi connectivity index (χ2n) is 7.53. The maximum absolute atomic E-state index is 12.8. The molecule has 1 amide bonds. The Hall–Kier alpha value is -3.01. The monoisotopic (exact) mass is 389 g/mol. The topological polar surface area (TPSA) is 47.6 Å². The lowest BCUT2D eigenvalue weighted by molar-refractivity contribution is -0.122. The van der Waals surface area contributed by atoms with Crippen LogP contribution in [0.4, 0.5) is 5.69 Å². The van der Waals surface area contributed by atoms with Gasteiger partial charge in [0, 0.05) is 11.1 Å². The summed E-state index contributed by atoms with van der Waals surface area (Å²) in [6.07, 6.45) is 5.09. The summed E-state index contributed by atoms with van der Waals surface area (Å²) < 4.78 is 12.1. The molecule has 1 aliphatic carbocycles. The van der Waals surface area contributed by atoms with Gasteiger partial charge in [-0.1, -0.05) is 43.3 Å². The summed E-state index contributed by atoms with van der Waals surface area (Å²) in [6.45, 7) is 1.95. The minimum absolute atomic E-state index is 0.148. The van der Waals surface area contributed by atoms with Gasteiger partial charge in [-0.15, -0.1) is 0 Å². The van der Waals surface area contributed by atoms with Crippen LogP contribution in [0, 0.1) is 0 Å². The van der Waals surface area contributed by atoms with Gasteiger partial charge < -0.3 is 14.8 Å². The van der Waals surface area contributed by atoms with E-state index in [1.165, 1.54) is 12.8 Å². The lowest BCUT2D eigenvalue weighted by Gasteiger charge is -2.19. The van der Waals surface area contributed by atoms with Gasteiger partial charge in [-0.25, -0.2) is 0 Å². The number of rotatable bonds is 7. The van der Waals surface area contributed by atoms with E-state index in [0.29, 0.717) is 12.5 Å². The van der Waals surface area contributed by atoms with Crippen molar-refractivity contribution in [2.24, 2.45) is 0 Å². The molecule has 0 saturated heterocycles. The molecule has 1 fully saturated rings. The molecule has 0 spiro atoms. The van der Waals surface area contributed by atoms with E-state index < -0.39 is 6.10 Å². The summed E-state index contributed by atoms with van der Waals surface area (Å²) in [5, 5.41) is 5.07. The summed E-state index contributed by atoms with van der Waals surface area (Å²) in [7, 11) is 0. The maximum atomic E-state index is 12.8. The zero-order valence-electron chi connectivity index (χ0n) is 16.8. The molecule has 4 heteroatoms. The molecule has 29 heavy (non-hydrogen) atoms. The fraction of sp³-hybridized carbons (Fsp3) is 0.320. The van der Waals surface area contributed by atoms with Crippen LogP contribution >= 0.6 is 0 Å². The number of fused-ring (bicyclic) bond motifs is 1. The van der Waals surface area contributed by atoms with Crippen LogP contribution < -0.4 is 14.8 Å². The van der Waals surface area contributed by atoms with E-state index in [-0.39, 0.29) is 5.91 Å². The standard InChI is InChI=1S/C25H27NO3/c1-2-23(29-24-13-7-9-18-8-3-6-12-22(18)24)25(27)26-19-14-16-21(17-15-19)28-20-10-4-5-11-20/h3,6-9,12-17,20,23H,2,4-5,10-11H2,1H3,(H,26,27). The molecule has 0 bridgehead atoms. The Morgan fingerprint density at radius 1 is 1.00 bits per heavy atom. The van der Waals surface area contributed by atoms with Gasteiger partial charge in [0.25, 0.3) is 5.91 Å². The van der Waals surface area contributed by atoms with Crippen LogP contribution in [0.3, 0.4) is 0 Å². The fourth-order valence-electron chi connectivity index (χ4n) is 3.81. The lowest BCUT2D eigenvalue weighted by atomic mass is 10.1. The third-order valence-electron chi connectivity index (χ3n) is 5.41. The van der Waals surface area contributed by atoms with Gasteiger partial charge in [0.2, 0.25) is 0 Å². The SMILES string of the molecule is CCC(Oc1cccc2ccccc12)C(=O)Nc1ccc(OC2CCCC2)cc1. The third kappa shape index (κ3) is 4.70. The number of carbonyl (C=O) groups is 1. The van der Waals surface area contributed by atoms with E-state index in [9.17, 15) is 4.79 Å². The van der Waals surface area contributed by atoms with E-state index >= 15 is 0 Å². The van der Waals surface area contributed by atoms with Crippen molar-refractivity contribution in [2.45, 2.75) is 51.2 Å². The van der Waals surface area contributed by atoms with Crippen LogP contribution in [0.1, 0.15) is 39.0 Å². The predicted octanol–water partition coefficient (Wildman–Crippen LogP) is 5.96. The fourth-order valence-corrected chi connectivity index (χ4v) is 3.81. The minimum atomic E-state index is -0.560. The third-order valence-corrected chi connectivity index (χ3v) is 5.41. The highest BCUT2D eigenvalue weighted by atomic mass is 16.5. The molecule has 0 radical (unpaired) electrons. The van der Waals surface area contributed by atoms with Crippen LogP contribution in [0.5, 0.6) is 11.5 Å². The number of hydrogen-bond acceptors (Lipinski definition) is 3. The van der Waals surface area contributed by atoms with E-state index in [2.05, 4.69) is 5.32 Å². The summed E-state index contributed by atoms with van der Waals surface area (Å²) in [6, 6.07) is 21.5. The number of nitrogens with one attached hydrogen (secondary N) is 1. The molecule has 150 valence electrons. The predicted molar refractivity (Wildman–Crippen MR) is 117 cm³/mol. The first-order valence-electron chi connectivity index (χ1n) is 10.4. The Labute approximate surface area is 171 Å². The average Bonchev–Trinajstić information content (AvgIpc) is 3.26. The molecule has 1 saturated carbocycles. The Kier molecular flexibility index (Phi) is 5.99. The Bertz CT molecular complexity index is 956. The highest BCUT2D eigenvalue weighted by Gasteiger charge is 2.20. The summed E-state index contributed by atoms with van der Waals surface area (Å²) >= 11 is 0. The molecule has 1 unspecified atom stereocenters. The summed E-state index contributed by atoms with van der Waals surface area (Å²) in [5.41, 5.74) is 0.744.